The lowest BCUT2D eigenvalue weighted by Gasteiger charge is -2.37. The first-order valence-corrected chi connectivity index (χ1v) is 8.40. The van der Waals surface area contributed by atoms with Crippen LogP contribution in [0.3, 0.4) is 0 Å². The van der Waals surface area contributed by atoms with E-state index >= 15 is 0 Å². The van der Waals surface area contributed by atoms with Gasteiger partial charge in [-0.15, -0.1) is 0 Å². The number of hydrogen-bond donors (Lipinski definition) is 4. The van der Waals surface area contributed by atoms with Crippen LogP contribution >= 0.6 is 0 Å². The van der Waals surface area contributed by atoms with Gasteiger partial charge in [0.05, 0.1) is 24.8 Å². The summed E-state index contributed by atoms with van der Waals surface area (Å²) < 4.78 is 37.6. The summed E-state index contributed by atoms with van der Waals surface area (Å²) in [4.78, 5) is 12.9. The van der Waals surface area contributed by atoms with Crippen LogP contribution < -0.4 is 0 Å². The van der Waals surface area contributed by atoms with E-state index in [2.05, 4.69) is 4.74 Å². The summed E-state index contributed by atoms with van der Waals surface area (Å²) in [6, 6.07) is -0.904. The predicted molar refractivity (Wildman–Crippen MR) is 77.4 cm³/mol. The summed E-state index contributed by atoms with van der Waals surface area (Å²) >= 11 is 0. The number of methoxy groups -OCH3 is 1. The van der Waals surface area contributed by atoms with Crippen LogP contribution in [0.5, 0.6) is 0 Å². The van der Waals surface area contributed by atoms with Gasteiger partial charge in [-0.2, -0.15) is 8.42 Å². The average molecular weight is 349 g/mol. The zero-order valence-corrected chi connectivity index (χ0v) is 13.1. The molecule has 0 aromatic rings. The first kappa shape index (κ1) is 17.9. The Morgan fingerprint density at radius 2 is 2.04 bits per heavy atom. The molecule has 1 fully saturated rings. The highest BCUT2D eigenvalue weighted by Crippen LogP contribution is 2.35. The van der Waals surface area contributed by atoms with Gasteiger partial charge < -0.3 is 25.0 Å². The maximum absolute atomic E-state index is 11.8. The van der Waals surface area contributed by atoms with Crippen molar-refractivity contribution in [2.24, 2.45) is 5.92 Å². The lowest BCUT2D eigenvalue weighted by molar-refractivity contribution is -0.136. The molecular weight excluding hydrogens is 330 g/mol. The van der Waals surface area contributed by atoms with Gasteiger partial charge in [0.15, 0.2) is 5.37 Å². The molecule has 23 heavy (non-hydrogen) atoms. The summed E-state index contributed by atoms with van der Waals surface area (Å²) in [6.45, 7) is -0.386. The highest BCUT2D eigenvalue weighted by Gasteiger charge is 2.49. The van der Waals surface area contributed by atoms with Crippen LogP contribution in [0.2, 0.25) is 0 Å². The summed E-state index contributed by atoms with van der Waals surface area (Å²) in [5, 5.41) is 27.5. The zero-order valence-electron chi connectivity index (χ0n) is 12.3. The van der Waals surface area contributed by atoms with Crippen LogP contribution in [0, 0.1) is 5.92 Å². The van der Waals surface area contributed by atoms with Crippen molar-refractivity contribution in [1.29, 1.82) is 0 Å². The maximum atomic E-state index is 11.8. The van der Waals surface area contributed by atoms with E-state index in [0.717, 1.165) is 12.0 Å². The molecule has 1 aliphatic carbocycles. The van der Waals surface area contributed by atoms with E-state index < -0.39 is 45.6 Å². The molecule has 0 radical (unpaired) electrons. The van der Waals surface area contributed by atoms with Crippen molar-refractivity contribution in [2.75, 3.05) is 13.7 Å². The van der Waals surface area contributed by atoms with Crippen molar-refractivity contribution < 1.29 is 37.8 Å². The number of allylic oxidation sites excluding steroid dienone is 2. The number of carbonyl (C=O) groups is 1. The van der Waals surface area contributed by atoms with E-state index in [1.165, 1.54) is 18.4 Å². The fourth-order valence-corrected chi connectivity index (χ4v) is 4.06. The Bertz CT molecular complexity index is 628. The minimum Gasteiger partial charge on any atom is -0.466 e. The van der Waals surface area contributed by atoms with Crippen LogP contribution in [0.1, 0.15) is 6.42 Å². The van der Waals surface area contributed by atoms with Crippen molar-refractivity contribution in [3.05, 3.63) is 23.9 Å². The molecule has 0 amide bonds. The average Bonchev–Trinajstić information content (AvgIpc) is 2.80. The zero-order chi connectivity index (χ0) is 17.4. The SMILES string of the molecule is COC(=O)C1=CC=CN(C2CC(CO)C(O)C2O)C1S(=O)(=O)O. The number of rotatable bonds is 4. The highest BCUT2D eigenvalue weighted by molar-refractivity contribution is 7.86. The summed E-state index contributed by atoms with van der Waals surface area (Å²) in [5.41, 5.74) is -0.313. The molecule has 1 heterocycles. The number of aliphatic hydroxyl groups is 3. The lowest BCUT2D eigenvalue weighted by Crippen LogP contribution is -2.51. The number of esters is 1. The first-order chi connectivity index (χ1) is 10.7. The highest BCUT2D eigenvalue weighted by atomic mass is 32.2. The van der Waals surface area contributed by atoms with Gasteiger partial charge in [0.25, 0.3) is 10.1 Å². The van der Waals surface area contributed by atoms with Gasteiger partial charge in [0, 0.05) is 18.7 Å². The normalized spacial score (nSPS) is 34.4. The van der Waals surface area contributed by atoms with E-state index in [0.29, 0.717) is 0 Å². The van der Waals surface area contributed by atoms with E-state index in [1.54, 1.807) is 0 Å². The molecule has 5 unspecified atom stereocenters. The monoisotopic (exact) mass is 349 g/mol. The second kappa shape index (κ2) is 6.57. The van der Waals surface area contributed by atoms with Crippen molar-refractivity contribution >= 4 is 16.1 Å². The van der Waals surface area contributed by atoms with Gasteiger partial charge in [-0.25, -0.2) is 4.79 Å². The largest absolute Gasteiger partial charge is 0.466 e. The topological polar surface area (TPSA) is 145 Å². The minimum atomic E-state index is -4.73. The van der Waals surface area contributed by atoms with Gasteiger partial charge in [-0.1, -0.05) is 0 Å². The van der Waals surface area contributed by atoms with E-state index in [4.69, 9.17) is 0 Å². The molecule has 0 aromatic heterocycles. The molecular formula is C13H19NO8S. The van der Waals surface area contributed by atoms with Crippen LogP contribution in [0.4, 0.5) is 0 Å². The molecule has 0 aromatic carbocycles. The number of aliphatic hydroxyl groups excluding tert-OH is 3. The molecule has 1 saturated carbocycles. The molecule has 2 rings (SSSR count). The van der Waals surface area contributed by atoms with Gasteiger partial charge in [-0.05, 0) is 18.6 Å². The molecule has 0 spiro atoms. The Balaban J connectivity index is 2.40. The fraction of sp³-hybridized carbons (Fsp3) is 0.615. The van der Waals surface area contributed by atoms with Crippen molar-refractivity contribution in [1.82, 2.24) is 4.90 Å². The lowest BCUT2D eigenvalue weighted by atomic mass is 10.1. The van der Waals surface area contributed by atoms with E-state index in [-0.39, 0.29) is 18.6 Å². The third-order valence-corrected chi connectivity index (χ3v) is 5.22. The summed E-state index contributed by atoms with van der Waals surface area (Å²) in [6.07, 6.45) is 1.36. The third kappa shape index (κ3) is 3.26. The second-order valence-corrected chi connectivity index (χ2v) is 6.97. The Hall–Kier alpha value is -1.46. The number of hydrogen-bond acceptors (Lipinski definition) is 8. The molecule has 0 saturated heterocycles. The van der Waals surface area contributed by atoms with Crippen molar-refractivity contribution in [2.45, 2.75) is 30.0 Å². The van der Waals surface area contributed by atoms with Gasteiger partial charge in [-0.3, -0.25) is 4.55 Å². The van der Waals surface area contributed by atoms with Crippen LogP contribution in [-0.4, -0.2) is 76.5 Å². The first-order valence-electron chi connectivity index (χ1n) is 6.89. The number of ether oxygens (including phenoxy) is 1. The Morgan fingerprint density at radius 1 is 1.39 bits per heavy atom. The molecule has 130 valence electrons. The predicted octanol–water partition coefficient (Wildman–Crippen LogP) is -1.77. The Kier molecular flexibility index (Phi) is 5.11. The van der Waals surface area contributed by atoms with Gasteiger partial charge in [0.1, 0.15) is 6.10 Å². The van der Waals surface area contributed by atoms with Crippen molar-refractivity contribution in [3.8, 4) is 0 Å². The maximum Gasteiger partial charge on any atom is 0.337 e. The van der Waals surface area contributed by atoms with E-state index in [1.807, 2.05) is 0 Å². The smallest absolute Gasteiger partial charge is 0.337 e. The number of carbonyl (C=O) groups excluding carboxylic acids is 1. The fourth-order valence-electron chi connectivity index (χ4n) is 3.03. The van der Waals surface area contributed by atoms with Crippen molar-refractivity contribution in [3.63, 3.8) is 0 Å². The van der Waals surface area contributed by atoms with Crippen LogP contribution in [-0.2, 0) is 19.6 Å². The molecule has 0 bridgehead atoms. The quantitative estimate of drug-likeness (QED) is 0.342. The van der Waals surface area contributed by atoms with Gasteiger partial charge >= 0.3 is 5.97 Å². The molecule has 2 aliphatic rings. The van der Waals surface area contributed by atoms with Crippen LogP contribution in [0.15, 0.2) is 23.9 Å². The number of nitrogens with zero attached hydrogens (tertiary/aromatic N) is 1. The summed E-state index contributed by atoms with van der Waals surface area (Å²) in [5.74, 6) is -1.58. The molecule has 1 aliphatic heterocycles. The summed E-state index contributed by atoms with van der Waals surface area (Å²) in [7, 11) is -3.66. The Labute approximate surface area is 133 Å². The van der Waals surface area contributed by atoms with E-state index in [9.17, 15) is 33.1 Å². The molecule has 5 atom stereocenters. The minimum absolute atomic E-state index is 0.0870. The van der Waals surface area contributed by atoms with Gasteiger partial charge in [0.2, 0.25) is 0 Å². The Morgan fingerprint density at radius 3 is 2.52 bits per heavy atom. The third-order valence-electron chi connectivity index (χ3n) is 4.16. The standard InChI is InChI=1S/C13H19NO8S/c1-22-13(18)8-3-2-4-14(12(8)23(19,20)21)9-5-7(6-15)10(16)11(9)17/h2-4,7,9-12,15-17H,5-6H2,1H3,(H,19,20,21). The molecule has 4 N–H and O–H groups in total. The second-order valence-electron chi connectivity index (χ2n) is 5.50. The van der Waals surface area contributed by atoms with Crippen LogP contribution in [0.25, 0.3) is 0 Å². The molecule has 10 heteroatoms. The molecule has 9 nitrogen and oxygen atoms in total.